The van der Waals surface area contributed by atoms with E-state index < -0.39 is 6.10 Å². The van der Waals surface area contributed by atoms with Gasteiger partial charge in [0, 0.05) is 41.8 Å². The number of amides is 1. The summed E-state index contributed by atoms with van der Waals surface area (Å²) in [6, 6.07) is 10.0. The number of aromatic amines is 1. The number of aryl methyl sites for hydroxylation is 2. The molecule has 0 aliphatic carbocycles. The summed E-state index contributed by atoms with van der Waals surface area (Å²) < 4.78 is 0. The highest BCUT2D eigenvalue weighted by Crippen LogP contribution is 2.26. The molecule has 1 aliphatic rings. The number of β-amino-alcohol motifs (C(OH)–C–C–N with tert-alkyl or cyclic N) is 1. The van der Waals surface area contributed by atoms with Crippen molar-refractivity contribution in [3.8, 4) is 0 Å². The molecule has 0 radical (unpaired) electrons. The molecular weight excluding hydrogens is 340 g/mol. The maximum Gasteiger partial charge on any atom is 0.227 e. The van der Waals surface area contributed by atoms with Gasteiger partial charge in [0.1, 0.15) is 0 Å². The second-order valence-electron chi connectivity index (χ2n) is 7.41. The number of hydrogen-bond donors (Lipinski definition) is 2. The highest BCUT2D eigenvalue weighted by Gasteiger charge is 2.34. The summed E-state index contributed by atoms with van der Waals surface area (Å²) in [5, 5.41) is 18.7. The first kappa shape index (κ1) is 17.7. The van der Waals surface area contributed by atoms with Crippen LogP contribution < -0.4 is 0 Å². The zero-order chi connectivity index (χ0) is 19.0. The molecule has 0 spiro atoms. The molecule has 1 aromatic carbocycles. The number of carbonyl (C=O) groups excluding carboxylic acids is 1. The van der Waals surface area contributed by atoms with Gasteiger partial charge in [-0.05, 0) is 38.0 Å². The minimum atomic E-state index is -0.507. The first-order chi connectivity index (χ1) is 13.0. The molecule has 2 atom stereocenters. The molecule has 0 bridgehead atoms. The van der Waals surface area contributed by atoms with Crippen molar-refractivity contribution in [2.75, 3.05) is 13.1 Å². The third-order valence-corrected chi connectivity index (χ3v) is 5.59. The fourth-order valence-electron chi connectivity index (χ4n) is 3.97. The van der Waals surface area contributed by atoms with Crippen LogP contribution in [0.2, 0.25) is 0 Å². The number of nitrogens with one attached hydrogen (secondary N) is 1. The molecule has 0 unspecified atom stereocenters. The Balaban J connectivity index is 1.47. The molecule has 27 heavy (non-hydrogen) atoms. The van der Waals surface area contributed by atoms with E-state index in [1.807, 2.05) is 44.3 Å². The Morgan fingerprint density at radius 3 is 2.85 bits per heavy atom. The van der Waals surface area contributed by atoms with Gasteiger partial charge in [0.25, 0.3) is 0 Å². The Bertz CT molecular complexity index is 956. The van der Waals surface area contributed by atoms with Gasteiger partial charge in [-0.1, -0.05) is 18.2 Å². The molecular formula is C21H24N4O2. The van der Waals surface area contributed by atoms with Crippen LogP contribution in [0.3, 0.4) is 0 Å². The number of pyridine rings is 1. The van der Waals surface area contributed by atoms with Gasteiger partial charge >= 0.3 is 0 Å². The summed E-state index contributed by atoms with van der Waals surface area (Å²) in [6.45, 7) is 4.80. The third kappa shape index (κ3) is 3.45. The molecule has 3 heterocycles. The maximum atomic E-state index is 12.7. The number of para-hydroxylation sites is 1. The molecule has 2 aromatic heterocycles. The smallest absolute Gasteiger partial charge is 0.227 e. The van der Waals surface area contributed by atoms with Crippen LogP contribution in [-0.4, -0.2) is 50.3 Å². The lowest BCUT2D eigenvalue weighted by atomic mass is 9.94. The molecule has 6 nitrogen and oxygen atoms in total. The van der Waals surface area contributed by atoms with Gasteiger partial charge in [0.2, 0.25) is 5.91 Å². The molecule has 1 aliphatic heterocycles. The minimum Gasteiger partial charge on any atom is -0.391 e. The van der Waals surface area contributed by atoms with Gasteiger partial charge < -0.3 is 10.0 Å². The van der Waals surface area contributed by atoms with Crippen LogP contribution in [0.25, 0.3) is 10.9 Å². The summed E-state index contributed by atoms with van der Waals surface area (Å²) in [5.74, 6) is 0.0787. The van der Waals surface area contributed by atoms with E-state index >= 15 is 0 Å². The number of aliphatic hydroxyl groups excluding tert-OH is 1. The Kier molecular flexibility index (Phi) is 4.66. The average molecular weight is 364 g/mol. The van der Waals surface area contributed by atoms with Crippen LogP contribution in [0, 0.1) is 19.8 Å². The number of rotatable bonds is 4. The largest absolute Gasteiger partial charge is 0.391 e. The van der Waals surface area contributed by atoms with Gasteiger partial charge in [0.05, 0.1) is 23.7 Å². The topological polar surface area (TPSA) is 82.1 Å². The molecule has 0 saturated carbocycles. The standard InChI is InChI=1S/C21H24N4O2/c1-13-18(14(2)24-23-13)10-21(27)25-11-16(20(26)12-25)9-15-7-8-22-19-6-4-3-5-17(15)19/h3-8,16,20,26H,9-12H2,1-2H3,(H,23,24)/t16-,20-/m1/s1. The van der Waals surface area contributed by atoms with Crippen LogP contribution in [0.15, 0.2) is 36.5 Å². The highest BCUT2D eigenvalue weighted by atomic mass is 16.3. The van der Waals surface area contributed by atoms with Crippen LogP contribution in [0.4, 0.5) is 0 Å². The molecule has 1 fully saturated rings. The van der Waals surface area contributed by atoms with E-state index in [1.54, 1.807) is 4.90 Å². The minimum absolute atomic E-state index is 0.0336. The summed E-state index contributed by atoms with van der Waals surface area (Å²) in [5.41, 5.74) is 4.88. The number of benzene rings is 1. The van der Waals surface area contributed by atoms with Crippen molar-refractivity contribution >= 4 is 16.8 Å². The second-order valence-corrected chi connectivity index (χ2v) is 7.41. The van der Waals surface area contributed by atoms with E-state index in [-0.39, 0.29) is 11.8 Å². The summed E-state index contributed by atoms with van der Waals surface area (Å²) in [6.07, 6.45) is 2.36. The number of carbonyl (C=O) groups is 1. The fraction of sp³-hybridized carbons (Fsp3) is 0.381. The highest BCUT2D eigenvalue weighted by molar-refractivity contribution is 5.82. The average Bonchev–Trinajstić information content (AvgIpc) is 3.19. The van der Waals surface area contributed by atoms with Crippen molar-refractivity contribution < 1.29 is 9.90 Å². The molecule has 1 saturated heterocycles. The predicted octanol–water partition coefficient (Wildman–Crippen LogP) is 2.18. The molecule has 4 rings (SSSR count). The van der Waals surface area contributed by atoms with Crippen LogP contribution in [-0.2, 0) is 17.6 Å². The van der Waals surface area contributed by atoms with Gasteiger partial charge in [0.15, 0.2) is 0 Å². The number of aliphatic hydroxyl groups is 1. The van der Waals surface area contributed by atoms with Crippen molar-refractivity contribution in [3.63, 3.8) is 0 Å². The van der Waals surface area contributed by atoms with Crippen molar-refractivity contribution in [2.24, 2.45) is 5.92 Å². The van der Waals surface area contributed by atoms with Crippen molar-refractivity contribution in [3.05, 3.63) is 59.0 Å². The van der Waals surface area contributed by atoms with Crippen molar-refractivity contribution in [1.82, 2.24) is 20.1 Å². The Morgan fingerprint density at radius 1 is 1.26 bits per heavy atom. The zero-order valence-electron chi connectivity index (χ0n) is 15.6. The lowest BCUT2D eigenvalue weighted by Gasteiger charge is -2.17. The van der Waals surface area contributed by atoms with E-state index in [0.29, 0.717) is 19.5 Å². The number of likely N-dealkylation sites (tertiary alicyclic amines) is 1. The van der Waals surface area contributed by atoms with Crippen molar-refractivity contribution in [2.45, 2.75) is 32.8 Å². The Labute approximate surface area is 158 Å². The van der Waals surface area contributed by atoms with Gasteiger partial charge in [-0.3, -0.25) is 14.9 Å². The lowest BCUT2D eigenvalue weighted by Crippen LogP contribution is -2.31. The Hall–Kier alpha value is -2.73. The maximum absolute atomic E-state index is 12.7. The first-order valence-corrected chi connectivity index (χ1v) is 9.32. The second kappa shape index (κ2) is 7.12. The van der Waals surface area contributed by atoms with E-state index in [1.165, 1.54) is 5.56 Å². The zero-order valence-corrected chi connectivity index (χ0v) is 15.6. The van der Waals surface area contributed by atoms with E-state index in [0.717, 1.165) is 34.3 Å². The monoisotopic (exact) mass is 364 g/mol. The quantitative estimate of drug-likeness (QED) is 0.743. The van der Waals surface area contributed by atoms with E-state index in [4.69, 9.17) is 0 Å². The SMILES string of the molecule is Cc1n[nH]c(C)c1CC(=O)N1C[C@@H](Cc2ccnc3ccccc23)[C@H](O)C1. The van der Waals surface area contributed by atoms with Gasteiger partial charge in [-0.25, -0.2) is 0 Å². The lowest BCUT2D eigenvalue weighted by molar-refractivity contribution is -0.129. The van der Waals surface area contributed by atoms with Gasteiger partial charge in [-0.15, -0.1) is 0 Å². The molecule has 3 aromatic rings. The number of nitrogens with zero attached hydrogens (tertiary/aromatic N) is 3. The number of aromatic nitrogens is 3. The normalized spacial score (nSPS) is 19.7. The first-order valence-electron chi connectivity index (χ1n) is 9.32. The van der Waals surface area contributed by atoms with E-state index in [9.17, 15) is 9.90 Å². The van der Waals surface area contributed by atoms with Crippen LogP contribution in [0.1, 0.15) is 22.5 Å². The number of H-pyrrole nitrogens is 1. The Morgan fingerprint density at radius 2 is 2.07 bits per heavy atom. The molecule has 1 amide bonds. The predicted molar refractivity (Wildman–Crippen MR) is 103 cm³/mol. The molecule has 6 heteroatoms. The fourth-order valence-corrected chi connectivity index (χ4v) is 3.97. The van der Waals surface area contributed by atoms with Crippen molar-refractivity contribution in [1.29, 1.82) is 0 Å². The van der Waals surface area contributed by atoms with E-state index in [2.05, 4.69) is 21.2 Å². The summed E-state index contributed by atoms with van der Waals surface area (Å²) >= 11 is 0. The number of fused-ring (bicyclic) bond motifs is 1. The number of hydrogen-bond acceptors (Lipinski definition) is 4. The summed E-state index contributed by atoms with van der Waals surface area (Å²) in [7, 11) is 0. The molecule has 140 valence electrons. The third-order valence-electron chi connectivity index (χ3n) is 5.59. The van der Waals surface area contributed by atoms with Gasteiger partial charge in [-0.2, -0.15) is 5.10 Å². The molecule has 2 N–H and O–H groups in total. The van der Waals surface area contributed by atoms with Crippen LogP contribution >= 0.6 is 0 Å². The van der Waals surface area contributed by atoms with Crippen LogP contribution in [0.5, 0.6) is 0 Å². The summed E-state index contributed by atoms with van der Waals surface area (Å²) in [4.78, 5) is 18.9.